The first-order valence-corrected chi connectivity index (χ1v) is 13.7. The molecule has 0 aliphatic carbocycles. The fraction of sp³-hybridized carbons (Fsp3) is 0.259. The minimum Gasteiger partial charge on any atom is -0.497 e. The maximum atomic E-state index is 13.8. The molecule has 3 aromatic rings. The van der Waals surface area contributed by atoms with E-state index in [1.54, 1.807) is 30.3 Å². The number of nitrogens with zero attached hydrogens (tertiary/aromatic N) is 2. The van der Waals surface area contributed by atoms with Gasteiger partial charge in [-0.25, -0.2) is 8.42 Å². The number of sulfonamides is 1. The van der Waals surface area contributed by atoms with Crippen molar-refractivity contribution in [1.29, 1.82) is 0 Å². The fourth-order valence-electron chi connectivity index (χ4n) is 3.87. The van der Waals surface area contributed by atoms with Crippen LogP contribution in [-0.4, -0.2) is 51.9 Å². The molecule has 0 aromatic heterocycles. The lowest BCUT2D eigenvalue weighted by Gasteiger charge is -2.32. The van der Waals surface area contributed by atoms with Crippen molar-refractivity contribution in [1.82, 2.24) is 10.2 Å². The number of carbonyl (C=O) groups excluding carboxylic acids is 2. The number of methoxy groups -OCH3 is 1. The van der Waals surface area contributed by atoms with E-state index < -0.39 is 51.9 Å². The average molecular weight is 598 g/mol. The third-order valence-corrected chi connectivity index (χ3v) is 8.15. The lowest BCUT2D eigenvalue weighted by atomic mass is 10.1. The molecule has 1 atom stereocenters. The minimum absolute atomic E-state index is 0.125. The van der Waals surface area contributed by atoms with Crippen LogP contribution >= 0.6 is 11.6 Å². The molecule has 13 heteroatoms. The molecule has 0 aliphatic rings. The predicted octanol–water partition coefficient (Wildman–Crippen LogP) is 4.73. The van der Waals surface area contributed by atoms with Crippen LogP contribution in [0.5, 0.6) is 5.75 Å². The summed E-state index contributed by atoms with van der Waals surface area (Å²) in [6.45, 7) is 0.383. The van der Waals surface area contributed by atoms with Gasteiger partial charge in [-0.1, -0.05) is 41.9 Å². The van der Waals surface area contributed by atoms with Gasteiger partial charge in [0.15, 0.2) is 0 Å². The Balaban J connectivity index is 2.13. The lowest BCUT2D eigenvalue weighted by Crippen LogP contribution is -2.50. The summed E-state index contributed by atoms with van der Waals surface area (Å²) >= 11 is 6.22. The number of carbonyl (C=O) groups is 2. The van der Waals surface area contributed by atoms with Gasteiger partial charge in [0, 0.05) is 13.6 Å². The van der Waals surface area contributed by atoms with Crippen LogP contribution in [0.1, 0.15) is 18.1 Å². The lowest BCUT2D eigenvalue weighted by molar-refractivity contribution is -0.139. The van der Waals surface area contributed by atoms with E-state index >= 15 is 0 Å². The minimum atomic E-state index is -4.81. The molecule has 0 fully saturated rings. The molecule has 1 N–H and O–H groups in total. The van der Waals surface area contributed by atoms with Crippen molar-refractivity contribution in [3.05, 3.63) is 88.9 Å². The second-order valence-electron chi connectivity index (χ2n) is 8.65. The van der Waals surface area contributed by atoms with Crippen molar-refractivity contribution in [2.24, 2.45) is 0 Å². The highest BCUT2D eigenvalue weighted by Crippen LogP contribution is 2.37. The molecule has 1 unspecified atom stereocenters. The van der Waals surface area contributed by atoms with E-state index in [4.69, 9.17) is 16.3 Å². The molecule has 40 heavy (non-hydrogen) atoms. The second kappa shape index (κ2) is 12.6. The summed E-state index contributed by atoms with van der Waals surface area (Å²) in [6.07, 6.45) is -4.81. The Bertz CT molecular complexity index is 1470. The summed E-state index contributed by atoms with van der Waals surface area (Å²) < 4.78 is 73.9. The number of amides is 2. The van der Waals surface area contributed by atoms with Gasteiger partial charge >= 0.3 is 6.18 Å². The van der Waals surface area contributed by atoms with E-state index in [0.29, 0.717) is 27.8 Å². The molecule has 2 amide bonds. The van der Waals surface area contributed by atoms with Gasteiger partial charge in [-0.05, 0) is 55.0 Å². The zero-order valence-electron chi connectivity index (χ0n) is 21.8. The van der Waals surface area contributed by atoms with Gasteiger partial charge in [-0.15, -0.1) is 0 Å². The van der Waals surface area contributed by atoms with Crippen LogP contribution < -0.4 is 14.4 Å². The van der Waals surface area contributed by atoms with Crippen LogP contribution in [0.15, 0.2) is 77.7 Å². The molecular weight excluding hydrogens is 571 g/mol. The number of anilines is 1. The summed E-state index contributed by atoms with van der Waals surface area (Å²) in [5.41, 5.74) is -1.12. The van der Waals surface area contributed by atoms with Gasteiger partial charge in [-0.2, -0.15) is 13.2 Å². The monoisotopic (exact) mass is 597 g/mol. The molecular formula is C27H27ClF3N3O5S. The molecule has 0 saturated carbocycles. The first-order valence-electron chi connectivity index (χ1n) is 11.9. The average Bonchev–Trinajstić information content (AvgIpc) is 2.94. The standard InChI is InChI=1S/C27H27ClF3N3O5S/c1-18(26(36)32-2)33(16-19-8-7-9-21(14-19)39-3)25(35)17-34(40(37,38)22-10-5-4-6-11-22)24-15-20(27(29,30)31)12-13-23(24)28/h4-15,18H,16-17H2,1-3H3,(H,32,36). The van der Waals surface area contributed by atoms with Gasteiger partial charge in [0.1, 0.15) is 18.3 Å². The Hall–Kier alpha value is -3.77. The van der Waals surface area contributed by atoms with Crippen molar-refractivity contribution < 1.29 is 35.9 Å². The number of hydrogen-bond donors (Lipinski definition) is 1. The molecule has 0 bridgehead atoms. The zero-order valence-corrected chi connectivity index (χ0v) is 23.3. The predicted molar refractivity (Wildman–Crippen MR) is 145 cm³/mol. The summed E-state index contributed by atoms with van der Waals surface area (Å²) in [7, 11) is -1.75. The Kier molecular flexibility index (Phi) is 9.69. The van der Waals surface area contributed by atoms with Crippen LogP contribution in [0.3, 0.4) is 0 Å². The number of benzene rings is 3. The molecule has 0 spiro atoms. The summed E-state index contributed by atoms with van der Waals surface area (Å²) in [5, 5.41) is 2.13. The SMILES string of the molecule is CNC(=O)C(C)N(Cc1cccc(OC)c1)C(=O)CN(c1cc(C(F)(F)F)ccc1Cl)S(=O)(=O)c1ccccc1. The topological polar surface area (TPSA) is 96.0 Å². The third-order valence-electron chi connectivity index (χ3n) is 6.05. The molecule has 3 aromatic carbocycles. The Morgan fingerprint density at radius 2 is 1.70 bits per heavy atom. The van der Waals surface area contributed by atoms with E-state index in [-0.39, 0.29) is 16.5 Å². The molecule has 214 valence electrons. The quantitative estimate of drug-likeness (QED) is 0.365. The van der Waals surface area contributed by atoms with Gasteiger partial charge in [0.25, 0.3) is 10.0 Å². The van der Waals surface area contributed by atoms with Crippen LogP contribution in [0.2, 0.25) is 5.02 Å². The van der Waals surface area contributed by atoms with Crippen molar-refractivity contribution in [3.63, 3.8) is 0 Å². The first kappa shape index (κ1) is 30.8. The number of halogens is 4. The van der Waals surface area contributed by atoms with Gasteiger partial charge in [-0.3, -0.25) is 13.9 Å². The molecule has 0 aliphatic heterocycles. The third kappa shape index (κ3) is 7.05. The largest absolute Gasteiger partial charge is 0.497 e. The van der Waals surface area contributed by atoms with Crippen LogP contribution in [-0.2, 0) is 32.3 Å². The van der Waals surface area contributed by atoms with Crippen LogP contribution in [0.25, 0.3) is 0 Å². The Morgan fingerprint density at radius 3 is 2.30 bits per heavy atom. The summed E-state index contributed by atoms with van der Waals surface area (Å²) in [5.74, 6) is -0.903. The number of likely N-dealkylation sites (N-methyl/N-ethyl adjacent to an activating group) is 1. The number of nitrogens with one attached hydrogen (secondary N) is 1. The normalized spacial score (nSPS) is 12.4. The van der Waals surface area contributed by atoms with E-state index in [0.717, 1.165) is 11.0 Å². The van der Waals surface area contributed by atoms with E-state index in [1.807, 2.05) is 0 Å². The maximum Gasteiger partial charge on any atom is 0.416 e. The molecule has 0 saturated heterocycles. The molecule has 8 nitrogen and oxygen atoms in total. The molecule has 0 radical (unpaired) electrons. The van der Waals surface area contributed by atoms with Crippen molar-refractivity contribution in [2.75, 3.05) is 25.0 Å². The zero-order chi connectivity index (χ0) is 29.7. The number of hydrogen-bond acceptors (Lipinski definition) is 5. The van der Waals surface area contributed by atoms with Crippen LogP contribution in [0, 0.1) is 0 Å². The number of rotatable bonds is 10. The smallest absolute Gasteiger partial charge is 0.416 e. The highest BCUT2D eigenvalue weighted by molar-refractivity contribution is 7.92. The maximum absolute atomic E-state index is 13.8. The summed E-state index contributed by atoms with van der Waals surface area (Å²) in [6, 6.07) is 14.7. The number of ether oxygens (including phenoxy) is 1. The van der Waals surface area contributed by atoms with E-state index in [2.05, 4.69) is 5.32 Å². The Labute approximate surface area is 235 Å². The van der Waals surface area contributed by atoms with Crippen molar-refractivity contribution in [2.45, 2.75) is 30.6 Å². The fourth-order valence-corrected chi connectivity index (χ4v) is 5.59. The highest BCUT2D eigenvalue weighted by Gasteiger charge is 2.36. The second-order valence-corrected chi connectivity index (χ2v) is 10.9. The van der Waals surface area contributed by atoms with E-state index in [9.17, 15) is 31.2 Å². The Morgan fingerprint density at radius 1 is 1.02 bits per heavy atom. The van der Waals surface area contributed by atoms with Gasteiger partial charge in [0.2, 0.25) is 11.8 Å². The first-order chi connectivity index (χ1) is 18.8. The van der Waals surface area contributed by atoms with Crippen molar-refractivity contribution >= 4 is 39.1 Å². The van der Waals surface area contributed by atoms with Crippen LogP contribution in [0.4, 0.5) is 18.9 Å². The van der Waals surface area contributed by atoms with Gasteiger partial charge in [0.05, 0.1) is 28.3 Å². The van der Waals surface area contributed by atoms with E-state index in [1.165, 1.54) is 45.3 Å². The molecule has 0 heterocycles. The number of alkyl halides is 3. The highest BCUT2D eigenvalue weighted by atomic mass is 35.5. The van der Waals surface area contributed by atoms with Gasteiger partial charge < -0.3 is 15.0 Å². The van der Waals surface area contributed by atoms with Crippen molar-refractivity contribution in [3.8, 4) is 5.75 Å². The summed E-state index contributed by atoms with van der Waals surface area (Å²) in [4.78, 5) is 27.2. The molecule has 3 rings (SSSR count).